The zero-order chi connectivity index (χ0) is 29.5. The van der Waals surface area contributed by atoms with Gasteiger partial charge in [-0.15, -0.1) is 69.1 Å². The Bertz CT molecular complexity index is 1600. The Hall–Kier alpha value is -2.84. The predicted molar refractivity (Wildman–Crippen MR) is 180 cm³/mol. The van der Waals surface area contributed by atoms with Gasteiger partial charge in [-0.3, -0.25) is 0 Å². The third kappa shape index (κ3) is 7.72. The van der Waals surface area contributed by atoms with Gasteiger partial charge in [0.05, 0.1) is 0 Å². The van der Waals surface area contributed by atoms with Gasteiger partial charge in [0.15, 0.2) is 0 Å². The van der Waals surface area contributed by atoms with E-state index in [4.69, 9.17) is 17.0 Å². The molecule has 0 saturated heterocycles. The molecule has 6 aromatic rings. The van der Waals surface area contributed by atoms with Gasteiger partial charge >= 0.3 is 37.9 Å². The second-order valence-corrected chi connectivity index (χ2v) is 14.4. The molecule has 0 heterocycles. The van der Waals surface area contributed by atoms with Crippen LogP contribution in [0.1, 0.15) is 11.1 Å². The molecule has 0 aliphatic rings. The van der Waals surface area contributed by atoms with Gasteiger partial charge in [-0.25, -0.2) is 0 Å². The molecule has 2 nitrogen and oxygen atoms in total. The molecule has 0 aliphatic carbocycles. The van der Waals surface area contributed by atoms with Crippen molar-refractivity contribution in [1.82, 2.24) is 0 Å². The molecular formula is C36H36Cl2N2Zr. The Morgan fingerprint density at radius 1 is 0.537 bits per heavy atom. The maximum absolute atomic E-state index is 4.93. The third-order valence-corrected chi connectivity index (χ3v) is 7.14. The van der Waals surface area contributed by atoms with E-state index in [0.717, 1.165) is 0 Å². The number of benzene rings is 4. The second kappa shape index (κ2) is 14.4. The monoisotopic (exact) mass is 656 g/mol. The molecule has 6 rings (SSSR count). The van der Waals surface area contributed by atoms with Gasteiger partial charge in [0.1, 0.15) is 0 Å². The fourth-order valence-electron chi connectivity index (χ4n) is 5.18. The summed E-state index contributed by atoms with van der Waals surface area (Å²) in [5, 5.41) is 5.34. The van der Waals surface area contributed by atoms with Crippen LogP contribution in [0.4, 0.5) is 11.4 Å². The van der Waals surface area contributed by atoms with E-state index in [2.05, 4.69) is 161 Å². The van der Waals surface area contributed by atoms with Crippen LogP contribution in [-0.4, -0.2) is 28.2 Å². The molecule has 5 heteroatoms. The summed E-state index contributed by atoms with van der Waals surface area (Å²) in [5.74, 6) is 0. The average Bonchev–Trinajstić information content (AvgIpc) is 3.54. The van der Waals surface area contributed by atoms with Crippen LogP contribution in [0, 0.1) is 13.8 Å². The van der Waals surface area contributed by atoms with Gasteiger partial charge in [-0.1, -0.05) is 61.4 Å². The van der Waals surface area contributed by atoms with Gasteiger partial charge in [-0.2, -0.15) is 12.1 Å². The van der Waals surface area contributed by atoms with Crippen LogP contribution in [0.15, 0.2) is 109 Å². The van der Waals surface area contributed by atoms with Crippen molar-refractivity contribution in [1.29, 1.82) is 0 Å². The number of halogens is 2. The minimum atomic E-state index is -0.826. The topological polar surface area (TPSA) is 6.48 Å². The van der Waals surface area contributed by atoms with Crippen LogP contribution in [0.3, 0.4) is 0 Å². The van der Waals surface area contributed by atoms with Crippen molar-refractivity contribution in [2.45, 2.75) is 13.8 Å². The third-order valence-electron chi connectivity index (χ3n) is 7.14. The van der Waals surface area contributed by atoms with Crippen LogP contribution in [0.2, 0.25) is 0 Å². The molecule has 41 heavy (non-hydrogen) atoms. The zero-order valence-electron chi connectivity index (χ0n) is 24.5. The maximum atomic E-state index is 4.93. The van der Waals surface area contributed by atoms with Crippen LogP contribution in [0.5, 0.6) is 0 Å². The Morgan fingerprint density at radius 3 is 1.27 bits per heavy atom. The van der Waals surface area contributed by atoms with Crippen molar-refractivity contribution >= 4 is 49.9 Å². The summed E-state index contributed by atoms with van der Waals surface area (Å²) in [6.45, 7) is 4.31. The molecule has 6 aromatic carbocycles. The molecule has 0 aliphatic heterocycles. The molecule has 0 unspecified atom stereocenters. The normalized spacial score (nSPS) is 10.3. The first-order chi connectivity index (χ1) is 19.7. The molecular weight excluding hydrogens is 623 g/mol. The van der Waals surface area contributed by atoms with Gasteiger partial charge in [0.2, 0.25) is 0 Å². The number of hydrogen-bond acceptors (Lipinski definition) is 2. The number of nitrogens with zero attached hydrogens (tertiary/aromatic N) is 2. The molecule has 0 atom stereocenters. The fourth-order valence-corrected chi connectivity index (χ4v) is 5.18. The molecule has 0 radical (unpaired) electrons. The van der Waals surface area contributed by atoms with Crippen LogP contribution >= 0.6 is 17.0 Å². The first-order valence-electron chi connectivity index (χ1n) is 13.6. The summed E-state index contributed by atoms with van der Waals surface area (Å²) >= 11 is -0.826. The molecule has 0 bridgehead atoms. The van der Waals surface area contributed by atoms with E-state index in [9.17, 15) is 0 Å². The second-order valence-electron chi connectivity index (χ2n) is 10.6. The summed E-state index contributed by atoms with van der Waals surface area (Å²) in [4.78, 5) is 4.28. The molecule has 0 fully saturated rings. The van der Waals surface area contributed by atoms with E-state index in [1.54, 1.807) is 0 Å². The molecule has 0 saturated carbocycles. The molecule has 0 amide bonds. The molecule has 0 aromatic heterocycles. The number of fused-ring (bicyclic) bond motifs is 2. The summed E-state index contributed by atoms with van der Waals surface area (Å²) in [6, 6.07) is 39.5. The van der Waals surface area contributed by atoms with Gasteiger partial charge < -0.3 is 9.80 Å². The van der Waals surface area contributed by atoms with E-state index >= 15 is 0 Å². The van der Waals surface area contributed by atoms with E-state index < -0.39 is 20.8 Å². The van der Waals surface area contributed by atoms with Gasteiger partial charge in [-0.05, 0) is 35.4 Å². The fraction of sp³-hybridized carbons (Fsp3) is 0.167. The predicted octanol–water partition coefficient (Wildman–Crippen LogP) is 10.6. The van der Waals surface area contributed by atoms with Crippen LogP contribution in [0.25, 0.3) is 43.8 Å². The molecule has 0 N–H and O–H groups in total. The average molecular weight is 659 g/mol. The zero-order valence-corrected chi connectivity index (χ0v) is 28.5. The Labute approximate surface area is 263 Å². The van der Waals surface area contributed by atoms with Crippen molar-refractivity contribution in [2.75, 3.05) is 38.0 Å². The number of aryl methyl sites for hydroxylation is 2. The number of rotatable bonds is 4. The standard InChI is InChI=1S/2C18H18N.2ClH.Zr/c2*1-13-10-14-7-5-9-17(18(14)11-13)15-6-4-8-16(12-15)19(2)3;;;/h2*4-12H,1-3H3;2*1H;/q2*-1;;;+4/p-2. The van der Waals surface area contributed by atoms with Crippen molar-refractivity contribution in [3.63, 3.8) is 0 Å². The first-order valence-corrected chi connectivity index (χ1v) is 19.9. The van der Waals surface area contributed by atoms with E-state index in [1.165, 1.54) is 66.3 Å². The summed E-state index contributed by atoms with van der Waals surface area (Å²) in [6.07, 6.45) is 0. The van der Waals surface area contributed by atoms with E-state index in [1.807, 2.05) is 0 Å². The summed E-state index contributed by atoms with van der Waals surface area (Å²) in [5.41, 5.74) is 10.3. The molecule has 208 valence electrons. The Balaban J connectivity index is 0.000000173. The van der Waals surface area contributed by atoms with Crippen LogP contribution < -0.4 is 9.80 Å². The van der Waals surface area contributed by atoms with Crippen LogP contribution in [-0.2, 0) is 20.8 Å². The minimum absolute atomic E-state index is 0.826. The quantitative estimate of drug-likeness (QED) is 0.174. The van der Waals surface area contributed by atoms with E-state index in [-0.39, 0.29) is 0 Å². The van der Waals surface area contributed by atoms with Crippen molar-refractivity contribution in [3.8, 4) is 22.3 Å². The number of anilines is 2. The van der Waals surface area contributed by atoms with Crippen molar-refractivity contribution in [3.05, 3.63) is 120 Å². The van der Waals surface area contributed by atoms with Gasteiger partial charge in [0.25, 0.3) is 0 Å². The summed E-state index contributed by atoms with van der Waals surface area (Å²) < 4.78 is 0. The van der Waals surface area contributed by atoms with Gasteiger partial charge in [0, 0.05) is 39.6 Å². The number of hydrogen-bond donors (Lipinski definition) is 0. The first kappa shape index (κ1) is 31.1. The SMILES string of the molecule is Cc1cc2c(-c3cccc(N(C)C)c3)cccc2[cH-]1.Cc1cc2c(-c3cccc(N(C)C)c3)cccc2[cH-]1.[Cl][Zr+2][Cl]. The van der Waals surface area contributed by atoms with E-state index in [0.29, 0.717) is 0 Å². The Kier molecular flexibility index (Phi) is 10.9. The summed E-state index contributed by atoms with van der Waals surface area (Å²) in [7, 11) is 18.2. The van der Waals surface area contributed by atoms with Crippen molar-refractivity contribution in [2.24, 2.45) is 0 Å². The van der Waals surface area contributed by atoms with Crippen molar-refractivity contribution < 1.29 is 20.8 Å². The Morgan fingerprint density at radius 2 is 0.902 bits per heavy atom. The molecule has 0 spiro atoms.